The summed E-state index contributed by atoms with van der Waals surface area (Å²) in [7, 11) is 0. The SMILES string of the molecule is CC1(C)CC(=O)C(N=Nc2ccccc2Br)=C(O)C1. The van der Waals surface area contributed by atoms with Gasteiger partial charge in [0.15, 0.2) is 11.5 Å². The van der Waals surface area contributed by atoms with Gasteiger partial charge in [-0.05, 0) is 33.5 Å². The van der Waals surface area contributed by atoms with E-state index in [4.69, 9.17) is 0 Å². The average molecular weight is 323 g/mol. The number of nitrogens with zero attached hydrogens (tertiary/aromatic N) is 2. The topological polar surface area (TPSA) is 62.0 Å². The third-order valence-electron chi connectivity index (χ3n) is 2.93. The first-order valence-electron chi connectivity index (χ1n) is 6.01. The first-order chi connectivity index (χ1) is 8.89. The predicted molar refractivity (Wildman–Crippen MR) is 76.3 cm³/mol. The predicted octanol–water partition coefficient (Wildman–Crippen LogP) is 4.69. The van der Waals surface area contributed by atoms with Crippen molar-refractivity contribution in [2.45, 2.75) is 26.7 Å². The maximum absolute atomic E-state index is 11.9. The quantitative estimate of drug-likeness (QED) is 0.802. The van der Waals surface area contributed by atoms with Gasteiger partial charge in [-0.2, -0.15) is 0 Å². The smallest absolute Gasteiger partial charge is 0.187 e. The highest BCUT2D eigenvalue weighted by atomic mass is 79.9. The van der Waals surface area contributed by atoms with E-state index in [0.29, 0.717) is 18.5 Å². The van der Waals surface area contributed by atoms with E-state index in [0.717, 1.165) is 4.47 Å². The Kier molecular flexibility index (Phi) is 3.85. The molecule has 1 aliphatic carbocycles. The summed E-state index contributed by atoms with van der Waals surface area (Å²) in [6.45, 7) is 3.89. The number of benzene rings is 1. The van der Waals surface area contributed by atoms with E-state index in [1.54, 1.807) is 6.07 Å². The molecule has 1 N–H and O–H groups in total. The summed E-state index contributed by atoms with van der Waals surface area (Å²) >= 11 is 3.35. The molecule has 0 unspecified atom stereocenters. The van der Waals surface area contributed by atoms with Gasteiger partial charge in [0.05, 0.1) is 5.69 Å². The highest BCUT2D eigenvalue weighted by Gasteiger charge is 2.33. The Morgan fingerprint density at radius 2 is 1.89 bits per heavy atom. The zero-order valence-corrected chi connectivity index (χ0v) is 12.4. The van der Waals surface area contributed by atoms with Crippen molar-refractivity contribution in [2.24, 2.45) is 15.6 Å². The summed E-state index contributed by atoms with van der Waals surface area (Å²) < 4.78 is 0.794. The molecular weight excluding hydrogens is 308 g/mol. The van der Waals surface area contributed by atoms with Gasteiger partial charge in [0.1, 0.15) is 5.76 Å². The molecule has 0 radical (unpaired) electrons. The van der Waals surface area contributed by atoms with Gasteiger partial charge >= 0.3 is 0 Å². The third-order valence-corrected chi connectivity index (χ3v) is 3.60. The van der Waals surface area contributed by atoms with Crippen LogP contribution in [0.15, 0.2) is 50.4 Å². The first kappa shape index (κ1) is 13.9. The number of halogens is 1. The van der Waals surface area contributed by atoms with Gasteiger partial charge in [0.2, 0.25) is 0 Å². The van der Waals surface area contributed by atoms with Crippen LogP contribution in [0, 0.1) is 5.41 Å². The molecule has 0 amide bonds. The number of aliphatic hydroxyl groups excluding tert-OH is 1. The number of Topliss-reactive ketones (excluding diaryl/α,β-unsaturated/α-hetero) is 1. The number of ketones is 1. The van der Waals surface area contributed by atoms with Crippen molar-refractivity contribution in [1.29, 1.82) is 0 Å². The molecule has 0 saturated carbocycles. The Morgan fingerprint density at radius 1 is 1.21 bits per heavy atom. The van der Waals surface area contributed by atoms with Crippen LogP contribution in [0.25, 0.3) is 0 Å². The van der Waals surface area contributed by atoms with E-state index in [-0.39, 0.29) is 22.7 Å². The van der Waals surface area contributed by atoms with Crippen LogP contribution in [0.3, 0.4) is 0 Å². The molecule has 100 valence electrons. The van der Waals surface area contributed by atoms with Crippen molar-refractivity contribution in [1.82, 2.24) is 0 Å². The zero-order valence-electron chi connectivity index (χ0n) is 10.9. The number of hydrogen-bond donors (Lipinski definition) is 1. The number of carbonyl (C=O) groups is 1. The molecule has 4 nitrogen and oxygen atoms in total. The number of rotatable bonds is 2. The molecule has 0 bridgehead atoms. The van der Waals surface area contributed by atoms with Gasteiger partial charge in [-0.3, -0.25) is 4.79 Å². The van der Waals surface area contributed by atoms with Crippen LogP contribution < -0.4 is 0 Å². The maximum Gasteiger partial charge on any atom is 0.187 e. The molecule has 0 spiro atoms. The molecule has 5 heteroatoms. The minimum absolute atomic E-state index is 0.0250. The lowest BCUT2D eigenvalue weighted by molar-refractivity contribution is -0.118. The van der Waals surface area contributed by atoms with Crippen LogP contribution >= 0.6 is 15.9 Å². The van der Waals surface area contributed by atoms with E-state index >= 15 is 0 Å². The van der Waals surface area contributed by atoms with Crippen LogP contribution in [0.2, 0.25) is 0 Å². The van der Waals surface area contributed by atoms with Gasteiger partial charge < -0.3 is 5.11 Å². The van der Waals surface area contributed by atoms with Gasteiger partial charge in [0, 0.05) is 17.3 Å². The lowest BCUT2D eigenvalue weighted by Gasteiger charge is -2.27. The highest BCUT2D eigenvalue weighted by Crippen LogP contribution is 2.36. The Balaban J connectivity index is 2.28. The minimum atomic E-state index is -0.215. The molecule has 0 fully saturated rings. The molecule has 1 aliphatic rings. The molecular formula is C14H15BrN2O2. The lowest BCUT2D eigenvalue weighted by atomic mass is 9.78. The van der Waals surface area contributed by atoms with E-state index in [2.05, 4.69) is 26.2 Å². The minimum Gasteiger partial charge on any atom is -0.510 e. The second-order valence-corrected chi connectivity index (χ2v) is 6.24. The summed E-state index contributed by atoms with van der Waals surface area (Å²) in [5.41, 5.74) is 0.489. The molecule has 19 heavy (non-hydrogen) atoms. The Bertz CT molecular complexity index is 577. The van der Waals surface area contributed by atoms with E-state index in [9.17, 15) is 9.90 Å². The van der Waals surface area contributed by atoms with Crippen molar-refractivity contribution in [3.05, 3.63) is 40.2 Å². The number of azo groups is 1. The van der Waals surface area contributed by atoms with Crippen LogP contribution in [0.1, 0.15) is 26.7 Å². The Labute approximate surface area is 120 Å². The van der Waals surface area contributed by atoms with Crippen molar-refractivity contribution in [3.8, 4) is 0 Å². The summed E-state index contributed by atoms with van der Waals surface area (Å²) in [5, 5.41) is 17.9. The molecule has 0 atom stereocenters. The summed E-state index contributed by atoms with van der Waals surface area (Å²) in [6, 6.07) is 7.32. The van der Waals surface area contributed by atoms with E-state index in [1.807, 2.05) is 32.0 Å². The fraction of sp³-hybridized carbons (Fsp3) is 0.357. The van der Waals surface area contributed by atoms with Crippen LogP contribution in [-0.4, -0.2) is 10.9 Å². The summed E-state index contributed by atoms with van der Waals surface area (Å²) in [5.74, 6) is -0.137. The second-order valence-electron chi connectivity index (χ2n) is 5.39. The molecule has 2 rings (SSSR count). The van der Waals surface area contributed by atoms with E-state index in [1.165, 1.54) is 0 Å². The number of allylic oxidation sites excluding steroid dienone is 2. The molecule has 0 heterocycles. The third kappa shape index (κ3) is 3.29. The zero-order chi connectivity index (χ0) is 14.0. The largest absolute Gasteiger partial charge is 0.510 e. The van der Waals surface area contributed by atoms with Crippen molar-refractivity contribution >= 4 is 27.4 Å². The van der Waals surface area contributed by atoms with Crippen LogP contribution in [-0.2, 0) is 4.79 Å². The standard InChI is InChI=1S/C14H15BrN2O2/c1-14(2)7-11(18)13(12(19)8-14)17-16-10-6-4-3-5-9(10)15/h3-6,18H,7-8H2,1-2H3. The highest BCUT2D eigenvalue weighted by molar-refractivity contribution is 9.10. The molecule has 1 aromatic carbocycles. The second kappa shape index (κ2) is 5.25. The fourth-order valence-electron chi connectivity index (χ4n) is 2.03. The maximum atomic E-state index is 11.9. The fourth-order valence-corrected chi connectivity index (χ4v) is 2.39. The van der Waals surface area contributed by atoms with Crippen molar-refractivity contribution in [2.75, 3.05) is 0 Å². The van der Waals surface area contributed by atoms with Crippen LogP contribution in [0.4, 0.5) is 5.69 Å². The molecule has 1 aromatic rings. The normalized spacial score (nSPS) is 19.2. The van der Waals surface area contributed by atoms with E-state index < -0.39 is 0 Å². The van der Waals surface area contributed by atoms with Gasteiger partial charge in [-0.1, -0.05) is 26.0 Å². The van der Waals surface area contributed by atoms with Crippen LogP contribution in [0.5, 0.6) is 0 Å². The number of aliphatic hydroxyl groups is 1. The molecule has 0 aliphatic heterocycles. The molecule has 0 saturated heterocycles. The summed E-state index contributed by atoms with van der Waals surface area (Å²) in [4.78, 5) is 11.9. The van der Waals surface area contributed by atoms with Crippen molar-refractivity contribution in [3.63, 3.8) is 0 Å². The Morgan fingerprint density at radius 3 is 2.53 bits per heavy atom. The average Bonchev–Trinajstić information content (AvgIpc) is 2.28. The Hall–Kier alpha value is -1.49. The molecule has 0 aromatic heterocycles. The lowest BCUT2D eigenvalue weighted by Crippen LogP contribution is -2.25. The van der Waals surface area contributed by atoms with Crippen molar-refractivity contribution < 1.29 is 9.90 Å². The monoisotopic (exact) mass is 322 g/mol. The number of carbonyl (C=O) groups excluding carboxylic acids is 1. The summed E-state index contributed by atoms with van der Waals surface area (Å²) in [6.07, 6.45) is 0.824. The van der Waals surface area contributed by atoms with Gasteiger partial charge in [0.25, 0.3) is 0 Å². The van der Waals surface area contributed by atoms with Gasteiger partial charge in [-0.15, -0.1) is 10.2 Å². The number of hydrogen-bond acceptors (Lipinski definition) is 4. The first-order valence-corrected chi connectivity index (χ1v) is 6.80. The van der Waals surface area contributed by atoms with Gasteiger partial charge in [-0.25, -0.2) is 0 Å².